The smallest absolute Gasteiger partial charge is 0.411 e. The van der Waals surface area contributed by atoms with Crippen molar-refractivity contribution < 1.29 is 23.8 Å². The fourth-order valence-corrected chi connectivity index (χ4v) is 2.93. The zero-order chi connectivity index (χ0) is 24.9. The quantitative estimate of drug-likeness (QED) is 0.673. The van der Waals surface area contributed by atoms with Crippen LogP contribution in [0.15, 0.2) is 53.3 Å². The summed E-state index contributed by atoms with van der Waals surface area (Å²) in [5.41, 5.74) is 0.378. The fourth-order valence-electron chi connectivity index (χ4n) is 2.93. The average molecular weight is 461 g/mol. The predicted molar refractivity (Wildman–Crippen MR) is 127 cm³/mol. The summed E-state index contributed by atoms with van der Waals surface area (Å²) in [6, 6.07) is 14.2. The molecule has 182 valence electrons. The molecule has 2 heterocycles. The summed E-state index contributed by atoms with van der Waals surface area (Å²) in [7, 11) is 1.33. The lowest BCUT2D eigenvalue weighted by Crippen LogP contribution is -2.43. The maximum absolute atomic E-state index is 11.8. The number of carbonyl (C=O) groups excluding carboxylic acids is 2. The second-order valence-corrected chi connectivity index (χ2v) is 8.01. The Kier molecular flexibility index (Phi) is 11.8. The van der Waals surface area contributed by atoms with Gasteiger partial charge in [0.1, 0.15) is 18.2 Å². The van der Waals surface area contributed by atoms with Crippen molar-refractivity contribution in [2.75, 3.05) is 13.7 Å². The van der Waals surface area contributed by atoms with E-state index in [-0.39, 0.29) is 11.5 Å². The third-order valence-electron chi connectivity index (χ3n) is 4.33. The molecule has 33 heavy (non-hydrogen) atoms. The molecule has 1 fully saturated rings. The molecule has 1 saturated heterocycles. The number of esters is 1. The van der Waals surface area contributed by atoms with Gasteiger partial charge in [0, 0.05) is 12.6 Å². The van der Waals surface area contributed by atoms with Gasteiger partial charge >= 0.3 is 12.1 Å². The number of aromatic amines is 1. The Labute approximate surface area is 195 Å². The number of carbonyl (C=O) groups is 2. The van der Waals surface area contributed by atoms with Gasteiger partial charge in [-0.15, -0.1) is 0 Å². The van der Waals surface area contributed by atoms with Crippen molar-refractivity contribution in [3.63, 3.8) is 0 Å². The number of likely N-dealkylation sites (tertiary alicyclic amines) is 1. The fraction of sp³-hybridized carbons (Fsp3) is 0.480. The second kappa shape index (κ2) is 14.0. The maximum Gasteiger partial charge on any atom is 0.411 e. The molecule has 1 atom stereocenters. The Hall–Kier alpha value is -3.29. The third kappa shape index (κ3) is 10.2. The minimum absolute atomic E-state index is 0.152. The molecule has 0 saturated carbocycles. The summed E-state index contributed by atoms with van der Waals surface area (Å²) in [4.78, 5) is 38.2. The van der Waals surface area contributed by atoms with Gasteiger partial charge in [-0.05, 0) is 45.2 Å². The molecule has 1 aliphatic rings. The molecule has 1 unspecified atom stereocenters. The van der Waals surface area contributed by atoms with Crippen LogP contribution in [0.4, 0.5) is 4.79 Å². The van der Waals surface area contributed by atoms with Crippen molar-refractivity contribution in [1.29, 1.82) is 0 Å². The van der Waals surface area contributed by atoms with Gasteiger partial charge in [0.15, 0.2) is 5.88 Å². The van der Waals surface area contributed by atoms with E-state index in [4.69, 9.17) is 9.47 Å². The molecular formula is C25H36N2O6. The van der Waals surface area contributed by atoms with Gasteiger partial charge in [-0.1, -0.05) is 50.2 Å². The highest BCUT2D eigenvalue weighted by Gasteiger charge is 2.37. The van der Waals surface area contributed by atoms with E-state index >= 15 is 0 Å². The molecule has 1 aromatic carbocycles. The molecule has 0 radical (unpaired) electrons. The highest BCUT2D eigenvalue weighted by Crippen LogP contribution is 2.21. The van der Waals surface area contributed by atoms with Gasteiger partial charge in [-0.2, -0.15) is 0 Å². The molecular weight excluding hydrogens is 424 g/mol. The van der Waals surface area contributed by atoms with Gasteiger partial charge in [-0.3, -0.25) is 14.7 Å². The molecule has 3 rings (SSSR count). The first-order valence-electron chi connectivity index (χ1n) is 11.1. The highest BCUT2D eigenvalue weighted by atomic mass is 16.6. The molecule has 1 aromatic heterocycles. The first kappa shape index (κ1) is 27.7. The molecule has 0 spiro atoms. The standard InChI is InChI=1S/C12H11NO2.C11H19NO4.C2H6/c14-11-7-4-8-12(13-11)15-9-10-5-2-1-3-6-10;1-11(2,3)16-10(14)12-7-5-6-8(12)9(13)15-4;1-2/h1-8H,9H2,(H,13,14);8H,5-7H2,1-4H3;1-2H3. The van der Waals surface area contributed by atoms with Crippen LogP contribution >= 0.6 is 0 Å². The van der Waals surface area contributed by atoms with Crippen molar-refractivity contribution >= 4 is 12.1 Å². The third-order valence-corrected chi connectivity index (χ3v) is 4.33. The van der Waals surface area contributed by atoms with Crippen LogP contribution in [0.25, 0.3) is 0 Å². The average Bonchev–Trinajstić information content (AvgIpc) is 3.29. The Bertz CT molecular complexity index is 905. The van der Waals surface area contributed by atoms with Gasteiger partial charge in [0.05, 0.1) is 7.11 Å². The number of ether oxygens (including phenoxy) is 3. The molecule has 1 amide bonds. The van der Waals surface area contributed by atoms with E-state index in [0.717, 1.165) is 12.0 Å². The Morgan fingerprint density at radius 1 is 1.06 bits per heavy atom. The van der Waals surface area contributed by atoms with E-state index in [2.05, 4.69) is 9.72 Å². The first-order valence-corrected chi connectivity index (χ1v) is 11.1. The molecule has 1 aliphatic heterocycles. The molecule has 8 heteroatoms. The first-order chi connectivity index (χ1) is 15.7. The maximum atomic E-state index is 11.8. The van der Waals surface area contributed by atoms with Crippen LogP contribution < -0.4 is 10.3 Å². The lowest BCUT2D eigenvalue weighted by Gasteiger charge is -2.27. The van der Waals surface area contributed by atoms with Crippen molar-refractivity contribution in [3.8, 4) is 5.88 Å². The van der Waals surface area contributed by atoms with Gasteiger partial charge < -0.3 is 14.2 Å². The van der Waals surface area contributed by atoms with Crippen LogP contribution in [-0.2, 0) is 20.9 Å². The minimum Gasteiger partial charge on any atom is -0.474 e. The number of nitrogens with one attached hydrogen (secondary N) is 1. The van der Waals surface area contributed by atoms with Crippen molar-refractivity contribution in [2.45, 2.75) is 65.7 Å². The number of hydrogen-bond donors (Lipinski definition) is 1. The topological polar surface area (TPSA) is 97.9 Å². The molecule has 1 N–H and O–H groups in total. The number of benzene rings is 1. The summed E-state index contributed by atoms with van der Waals surface area (Å²) >= 11 is 0. The number of H-pyrrole nitrogens is 1. The van der Waals surface area contributed by atoms with Crippen molar-refractivity contribution in [1.82, 2.24) is 9.88 Å². The van der Waals surface area contributed by atoms with Crippen LogP contribution in [-0.4, -0.2) is 47.2 Å². The van der Waals surface area contributed by atoms with Crippen molar-refractivity contribution in [3.05, 3.63) is 64.4 Å². The zero-order valence-electron chi connectivity index (χ0n) is 20.4. The lowest BCUT2D eigenvalue weighted by atomic mass is 10.2. The summed E-state index contributed by atoms with van der Waals surface area (Å²) < 4.78 is 15.3. The van der Waals surface area contributed by atoms with E-state index in [9.17, 15) is 14.4 Å². The van der Waals surface area contributed by atoms with E-state index in [1.807, 2.05) is 44.2 Å². The van der Waals surface area contributed by atoms with Crippen LogP contribution in [0.1, 0.15) is 53.0 Å². The summed E-state index contributed by atoms with van der Waals surface area (Å²) in [6.07, 6.45) is 1.01. The molecule has 2 aromatic rings. The normalized spacial score (nSPS) is 14.7. The Balaban J connectivity index is 0.000000307. The van der Waals surface area contributed by atoms with Gasteiger partial charge in [0.25, 0.3) is 5.56 Å². The van der Waals surface area contributed by atoms with Crippen LogP contribution in [0.5, 0.6) is 5.88 Å². The summed E-state index contributed by atoms with van der Waals surface area (Å²) in [5.74, 6) is 0.120. The van der Waals surface area contributed by atoms with E-state index in [1.54, 1.807) is 32.9 Å². The monoisotopic (exact) mass is 460 g/mol. The number of hydrogen-bond acceptors (Lipinski definition) is 6. The number of aromatic nitrogens is 1. The number of amides is 1. The minimum atomic E-state index is -0.541. The largest absolute Gasteiger partial charge is 0.474 e. The van der Waals surface area contributed by atoms with Gasteiger partial charge in [0.2, 0.25) is 0 Å². The Morgan fingerprint density at radius 3 is 2.30 bits per heavy atom. The molecule has 0 bridgehead atoms. The second-order valence-electron chi connectivity index (χ2n) is 8.01. The van der Waals surface area contributed by atoms with E-state index in [1.165, 1.54) is 18.1 Å². The molecule has 8 nitrogen and oxygen atoms in total. The van der Waals surface area contributed by atoms with Crippen molar-refractivity contribution in [2.24, 2.45) is 0 Å². The van der Waals surface area contributed by atoms with E-state index in [0.29, 0.717) is 25.5 Å². The van der Waals surface area contributed by atoms with E-state index < -0.39 is 17.7 Å². The summed E-state index contributed by atoms with van der Waals surface area (Å²) in [6.45, 7) is 10.4. The zero-order valence-corrected chi connectivity index (χ0v) is 20.4. The number of methoxy groups -OCH3 is 1. The van der Waals surface area contributed by atoms with Crippen LogP contribution in [0, 0.1) is 0 Å². The summed E-state index contributed by atoms with van der Waals surface area (Å²) in [5, 5.41) is 0. The predicted octanol–water partition coefficient (Wildman–Crippen LogP) is 4.54. The van der Waals surface area contributed by atoms with Crippen LogP contribution in [0.3, 0.4) is 0 Å². The molecule has 0 aliphatic carbocycles. The number of rotatable bonds is 4. The number of nitrogens with zero attached hydrogens (tertiary/aromatic N) is 1. The highest BCUT2D eigenvalue weighted by molar-refractivity contribution is 5.82. The lowest BCUT2D eigenvalue weighted by molar-refractivity contribution is -0.145. The van der Waals surface area contributed by atoms with Gasteiger partial charge in [-0.25, -0.2) is 9.59 Å². The Morgan fingerprint density at radius 2 is 1.73 bits per heavy atom. The van der Waals surface area contributed by atoms with Crippen LogP contribution in [0.2, 0.25) is 0 Å². The SMILES string of the molecule is CC.COC(=O)C1CCCN1C(=O)OC(C)(C)C.O=c1cccc(OCc2ccccc2)[nH]1. The number of pyridine rings is 1.